The summed E-state index contributed by atoms with van der Waals surface area (Å²) in [6.07, 6.45) is 2.34. The van der Waals surface area contributed by atoms with E-state index >= 15 is 8.78 Å². The maximum Gasteiger partial charge on any atom is 0.352 e. The Labute approximate surface area is 200 Å². The van der Waals surface area contributed by atoms with Gasteiger partial charge in [-0.25, -0.2) is 8.78 Å². The van der Waals surface area contributed by atoms with Gasteiger partial charge in [0.1, 0.15) is 11.6 Å². The molecular formula is C24H27F4N3O2S. The second kappa shape index (κ2) is 9.95. The molecule has 1 saturated heterocycles. The smallest absolute Gasteiger partial charge is 0.336 e. The molecule has 1 fully saturated rings. The standard InChI is InChI=1S/C24H27F4N3O2S/c1-14-11-16(6-8-18(14)25)29-21(32)15-5-7-19(26)17(12-15)24(27,28)22(33)31-10-9-20(30-34-4)23(2,3)13-31/h5-8,11-12,20,30H,9-10,13H2,1-4H3,(H,29,32). The van der Waals surface area contributed by atoms with Crippen LogP contribution in [0.4, 0.5) is 23.2 Å². The normalized spacial score (nSPS) is 18.0. The number of carbonyl (C=O) groups is 2. The van der Waals surface area contributed by atoms with E-state index in [0.29, 0.717) is 12.5 Å². The summed E-state index contributed by atoms with van der Waals surface area (Å²) in [4.78, 5) is 26.4. The third kappa shape index (κ3) is 5.38. The fraction of sp³-hybridized carbons (Fsp3) is 0.417. The fourth-order valence-electron chi connectivity index (χ4n) is 4.04. The minimum Gasteiger partial charge on any atom is -0.336 e. The molecule has 5 nitrogen and oxygen atoms in total. The number of hydrogen-bond acceptors (Lipinski definition) is 4. The van der Waals surface area contributed by atoms with Crippen molar-refractivity contribution in [2.45, 2.75) is 39.2 Å². The average molecular weight is 498 g/mol. The number of rotatable bonds is 6. The van der Waals surface area contributed by atoms with Crippen LogP contribution < -0.4 is 10.0 Å². The van der Waals surface area contributed by atoms with E-state index in [0.717, 1.165) is 23.1 Å². The fourth-order valence-corrected chi connectivity index (χ4v) is 4.76. The van der Waals surface area contributed by atoms with Gasteiger partial charge in [-0.2, -0.15) is 8.78 Å². The van der Waals surface area contributed by atoms with Crippen LogP contribution >= 0.6 is 11.9 Å². The zero-order chi connectivity index (χ0) is 25.3. The van der Waals surface area contributed by atoms with Gasteiger partial charge in [0.2, 0.25) is 0 Å². The molecule has 0 spiro atoms. The van der Waals surface area contributed by atoms with Crippen LogP contribution in [0.2, 0.25) is 0 Å². The highest BCUT2D eigenvalue weighted by atomic mass is 32.2. The van der Waals surface area contributed by atoms with Gasteiger partial charge in [0.05, 0.1) is 5.56 Å². The number of aryl methyl sites for hydroxylation is 1. The number of halogens is 4. The van der Waals surface area contributed by atoms with Crippen molar-refractivity contribution in [3.8, 4) is 0 Å². The molecule has 0 bridgehead atoms. The van der Waals surface area contributed by atoms with Gasteiger partial charge in [-0.1, -0.05) is 25.8 Å². The highest BCUT2D eigenvalue weighted by Gasteiger charge is 2.49. The molecular weight excluding hydrogens is 470 g/mol. The summed E-state index contributed by atoms with van der Waals surface area (Å²) < 4.78 is 61.6. The second-order valence-electron chi connectivity index (χ2n) is 9.07. The van der Waals surface area contributed by atoms with Gasteiger partial charge in [-0.15, -0.1) is 0 Å². The molecule has 2 N–H and O–H groups in total. The van der Waals surface area contributed by atoms with Gasteiger partial charge in [0.15, 0.2) is 0 Å². The van der Waals surface area contributed by atoms with Gasteiger partial charge >= 0.3 is 5.92 Å². The number of piperidine rings is 1. The van der Waals surface area contributed by atoms with Gasteiger partial charge in [0, 0.05) is 30.4 Å². The molecule has 2 aromatic rings. The summed E-state index contributed by atoms with van der Waals surface area (Å²) in [6, 6.07) is 6.36. The number of anilines is 1. The Morgan fingerprint density at radius 2 is 1.79 bits per heavy atom. The summed E-state index contributed by atoms with van der Waals surface area (Å²) in [5, 5.41) is 2.47. The molecule has 3 rings (SSSR count). The molecule has 2 amide bonds. The topological polar surface area (TPSA) is 61.4 Å². The first-order valence-electron chi connectivity index (χ1n) is 10.7. The minimum absolute atomic E-state index is 0.0269. The molecule has 1 heterocycles. The van der Waals surface area contributed by atoms with E-state index in [1.165, 1.54) is 31.0 Å². The van der Waals surface area contributed by atoms with E-state index < -0.39 is 40.3 Å². The Morgan fingerprint density at radius 3 is 2.41 bits per heavy atom. The first kappa shape index (κ1) is 26.0. The molecule has 184 valence electrons. The minimum atomic E-state index is -4.16. The lowest BCUT2D eigenvalue weighted by atomic mass is 9.79. The van der Waals surface area contributed by atoms with Crippen molar-refractivity contribution >= 4 is 29.4 Å². The molecule has 0 saturated carbocycles. The first-order valence-corrected chi connectivity index (χ1v) is 11.9. The third-order valence-corrected chi connectivity index (χ3v) is 6.55. The zero-order valence-electron chi connectivity index (χ0n) is 19.3. The van der Waals surface area contributed by atoms with Gasteiger partial charge in [0.25, 0.3) is 11.8 Å². The Balaban J connectivity index is 1.82. The Hall–Kier alpha value is -2.59. The molecule has 0 aliphatic carbocycles. The molecule has 10 heteroatoms. The molecule has 34 heavy (non-hydrogen) atoms. The molecule has 0 radical (unpaired) electrons. The van der Waals surface area contributed by atoms with Crippen LogP contribution in [0, 0.1) is 24.0 Å². The van der Waals surface area contributed by atoms with Crippen molar-refractivity contribution in [1.82, 2.24) is 9.62 Å². The van der Waals surface area contributed by atoms with E-state index in [1.54, 1.807) is 0 Å². The molecule has 1 aliphatic rings. The third-order valence-electron chi connectivity index (χ3n) is 6.03. The van der Waals surface area contributed by atoms with Crippen LogP contribution in [0.3, 0.4) is 0 Å². The largest absolute Gasteiger partial charge is 0.352 e. The van der Waals surface area contributed by atoms with Crippen LogP contribution in [0.1, 0.15) is 41.8 Å². The second-order valence-corrected chi connectivity index (χ2v) is 9.71. The van der Waals surface area contributed by atoms with Crippen LogP contribution in [0.5, 0.6) is 0 Å². The first-order chi connectivity index (χ1) is 15.9. The Morgan fingerprint density at radius 1 is 1.12 bits per heavy atom. The number of amides is 2. The van der Waals surface area contributed by atoms with E-state index in [-0.39, 0.29) is 35.9 Å². The molecule has 0 aromatic heterocycles. The maximum absolute atomic E-state index is 15.2. The Bertz CT molecular complexity index is 1090. The van der Waals surface area contributed by atoms with E-state index in [2.05, 4.69) is 10.0 Å². The van der Waals surface area contributed by atoms with Gasteiger partial charge in [-0.05, 0) is 67.0 Å². The van der Waals surface area contributed by atoms with Crippen molar-refractivity contribution in [3.63, 3.8) is 0 Å². The van der Waals surface area contributed by atoms with Crippen molar-refractivity contribution < 1.29 is 27.2 Å². The lowest BCUT2D eigenvalue weighted by molar-refractivity contribution is -0.163. The zero-order valence-corrected chi connectivity index (χ0v) is 20.2. The summed E-state index contributed by atoms with van der Waals surface area (Å²) in [7, 11) is 0. The summed E-state index contributed by atoms with van der Waals surface area (Å²) in [5.41, 5.74) is -1.35. The van der Waals surface area contributed by atoms with E-state index in [1.807, 2.05) is 20.1 Å². The SMILES string of the molecule is CSNC1CCN(C(=O)C(F)(F)c2cc(C(=O)Nc3ccc(F)c(C)c3)ccc2F)CC1(C)C. The molecule has 1 atom stereocenters. The number of nitrogens with one attached hydrogen (secondary N) is 2. The van der Waals surface area contributed by atoms with Crippen molar-refractivity contribution in [2.75, 3.05) is 24.7 Å². The predicted molar refractivity (Wildman–Crippen MR) is 125 cm³/mol. The quantitative estimate of drug-likeness (QED) is 0.430. The number of alkyl halides is 2. The lowest BCUT2D eigenvalue weighted by Gasteiger charge is -2.45. The predicted octanol–water partition coefficient (Wildman–Crippen LogP) is 5.11. The molecule has 1 aliphatic heterocycles. The van der Waals surface area contributed by atoms with Gasteiger partial charge < -0.3 is 10.2 Å². The number of benzene rings is 2. The van der Waals surface area contributed by atoms with Crippen LogP contribution in [0.15, 0.2) is 36.4 Å². The number of hydrogen-bond donors (Lipinski definition) is 2. The van der Waals surface area contributed by atoms with Crippen LogP contribution in [-0.2, 0) is 10.7 Å². The lowest BCUT2D eigenvalue weighted by Crippen LogP contribution is -2.56. The molecule has 2 aromatic carbocycles. The van der Waals surface area contributed by atoms with E-state index in [9.17, 15) is 18.4 Å². The van der Waals surface area contributed by atoms with Crippen molar-refractivity contribution in [3.05, 3.63) is 64.7 Å². The summed E-state index contributed by atoms with van der Waals surface area (Å²) in [6.45, 7) is 5.43. The van der Waals surface area contributed by atoms with Crippen LogP contribution in [-0.4, -0.2) is 42.1 Å². The highest BCUT2D eigenvalue weighted by Crippen LogP contribution is 2.37. The van der Waals surface area contributed by atoms with E-state index in [4.69, 9.17) is 0 Å². The highest BCUT2D eigenvalue weighted by molar-refractivity contribution is 7.96. The molecule has 1 unspecified atom stereocenters. The van der Waals surface area contributed by atoms with Gasteiger partial charge in [-0.3, -0.25) is 14.3 Å². The number of likely N-dealkylation sites (tertiary alicyclic amines) is 1. The van der Waals surface area contributed by atoms with Crippen molar-refractivity contribution in [2.24, 2.45) is 5.41 Å². The number of nitrogens with zero attached hydrogens (tertiary/aromatic N) is 1. The summed E-state index contributed by atoms with van der Waals surface area (Å²) >= 11 is 1.42. The van der Waals surface area contributed by atoms with Crippen molar-refractivity contribution in [1.29, 1.82) is 0 Å². The average Bonchev–Trinajstić information content (AvgIpc) is 2.77. The summed E-state index contributed by atoms with van der Waals surface area (Å²) in [5.74, 6) is -8.21. The number of carbonyl (C=O) groups excluding carboxylic acids is 2. The Kier molecular flexibility index (Phi) is 7.62. The monoisotopic (exact) mass is 497 g/mol. The van der Waals surface area contributed by atoms with Crippen LogP contribution in [0.25, 0.3) is 0 Å². The maximum atomic E-state index is 15.2.